The van der Waals surface area contributed by atoms with Crippen molar-refractivity contribution in [1.82, 2.24) is 10.3 Å². The monoisotopic (exact) mass is 287 g/mol. The first-order valence-electron chi connectivity index (χ1n) is 7.22. The second-order valence-electron chi connectivity index (χ2n) is 5.58. The van der Waals surface area contributed by atoms with Crippen LogP contribution in [0, 0.1) is 0 Å². The largest absolute Gasteiger partial charge is 0.399 e. The summed E-state index contributed by atoms with van der Waals surface area (Å²) in [5.74, 6) is 0. The van der Waals surface area contributed by atoms with Crippen LogP contribution in [-0.4, -0.2) is 11.5 Å². The molecule has 3 rings (SSSR count). The Morgan fingerprint density at radius 3 is 2.65 bits per heavy atom. The molecule has 3 N–H and O–H groups in total. The third-order valence-electron chi connectivity index (χ3n) is 4.07. The summed E-state index contributed by atoms with van der Waals surface area (Å²) in [4.78, 5) is 5.81. The molecule has 106 valence electrons. The zero-order chi connectivity index (χ0) is 14.0. The van der Waals surface area contributed by atoms with E-state index in [1.807, 2.05) is 29.7 Å². The Hall–Kier alpha value is -1.39. The molecule has 1 aliphatic rings. The molecule has 0 amide bonds. The molecule has 0 saturated heterocycles. The number of nitrogens with zero attached hydrogens (tertiary/aromatic N) is 1. The van der Waals surface area contributed by atoms with E-state index in [9.17, 15) is 0 Å². The minimum Gasteiger partial charge on any atom is -0.399 e. The predicted octanol–water partition coefficient (Wildman–Crippen LogP) is 3.11. The lowest BCUT2D eigenvalue weighted by Gasteiger charge is -2.16. The highest BCUT2D eigenvalue weighted by molar-refractivity contribution is 7.11. The molecule has 1 fully saturated rings. The van der Waals surface area contributed by atoms with Crippen LogP contribution in [0.5, 0.6) is 0 Å². The number of anilines is 1. The summed E-state index contributed by atoms with van der Waals surface area (Å²) in [6.45, 7) is 4.07. The molecule has 0 atom stereocenters. The molecule has 1 aliphatic carbocycles. The first-order valence-corrected chi connectivity index (χ1v) is 8.04. The number of hydrogen-bond donors (Lipinski definition) is 2. The Morgan fingerprint density at radius 2 is 2.05 bits per heavy atom. The van der Waals surface area contributed by atoms with Crippen molar-refractivity contribution in [2.24, 2.45) is 0 Å². The fourth-order valence-corrected chi connectivity index (χ4v) is 3.39. The van der Waals surface area contributed by atoms with Crippen LogP contribution >= 0.6 is 11.3 Å². The number of nitrogens with one attached hydrogen (secondary N) is 1. The molecule has 20 heavy (non-hydrogen) atoms. The number of thiazole rings is 1. The normalized spacial score (nSPS) is 16.2. The van der Waals surface area contributed by atoms with E-state index in [-0.39, 0.29) is 0 Å². The standard InChI is InChI=1S/C16H21N3S/c1-2-14-9-19-15(20-14)10-18-11-16(7-8-16)12-3-5-13(17)6-4-12/h3-6,9,18H,2,7-8,10-11,17H2,1H3. The van der Waals surface area contributed by atoms with Crippen molar-refractivity contribution in [3.63, 3.8) is 0 Å². The maximum atomic E-state index is 5.76. The van der Waals surface area contributed by atoms with Crippen molar-refractivity contribution in [3.8, 4) is 0 Å². The second kappa shape index (κ2) is 5.54. The molecular weight excluding hydrogens is 266 g/mol. The summed E-state index contributed by atoms with van der Waals surface area (Å²) in [5.41, 5.74) is 8.34. The van der Waals surface area contributed by atoms with Crippen LogP contribution in [0.2, 0.25) is 0 Å². The predicted molar refractivity (Wildman–Crippen MR) is 85.0 cm³/mol. The van der Waals surface area contributed by atoms with Crippen LogP contribution in [0.1, 0.15) is 35.2 Å². The summed E-state index contributed by atoms with van der Waals surface area (Å²) in [7, 11) is 0. The van der Waals surface area contributed by atoms with Gasteiger partial charge in [0, 0.05) is 35.3 Å². The van der Waals surface area contributed by atoms with Gasteiger partial charge in [0.1, 0.15) is 5.01 Å². The minimum atomic E-state index is 0.332. The molecule has 2 aromatic rings. The van der Waals surface area contributed by atoms with Gasteiger partial charge in [0.2, 0.25) is 0 Å². The maximum Gasteiger partial charge on any atom is 0.107 e. The fraction of sp³-hybridized carbons (Fsp3) is 0.438. The summed E-state index contributed by atoms with van der Waals surface area (Å²) in [5, 5.41) is 4.76. The number of nitrogen functional groups attached to an aromatic ring is 1. The fourth-order valence-electron chi connectivity index (χ4n) is 2.56. The Balaban J connectivity index is 1.56. The van der Waals surface area contributed by atoms with Crippen molar-refractivity contribution < 1.29 is 0 Å². The van der Waals surface area contributed by atoms with Crippen molar-refractivity contribution >= 4 is 17.0 Å². The third-order valence-corrected chi connectivity index (χ3v) is 5.21. The van der Waals surface area contributed by atoms with E-state index < -0.39 is 0 Å². The average Bonchev–Trinajstić information content (AvgIpc) is 3.10. The molecular formula is C16H21N3S. The van der Waals surface area contributed by atoms with Crippen LogP contribution in [0.4, 0.5) is 5.69 Å². The van der Waals surface area contributed by atoms with E-state index in [4.69, 9.17) is 5.73 Å². The van der Waals surface area contributed by atoms with Crippen LogP contribution in [0.15, 0.2) is 30.5 Å². The number of benzene rings is 1. The van der Waals surface area contributed by atoms with E-state index in [1.165, 1.54) is 28.3 Å². The summed E-state index contributed by atoms with van der Waals surface area (Å²) in [6, 6.07) is 8.35. The number of aromatic nitrogens is 1. The number of aryl methyl sites for hydroxylation is 1. The Bertz CT molecular complexity index is 570. The molecule has 1 aromatic heterocycles. The molecule has 0 radical (unpaired) electrons. The molecule has 0 spiro atoms. The quantitative estimate of drug-likeness (QED) is 0.803. The number of hydrogen-bond acceptors (Lipinski definition) is 4. The molecule has 4 heteroatoms. The highest BCUT2D eigenvalue weighted by Crippen LogP contribution is 2.47. The van der Waals surface area contributed by atoms with E-state index >= 15 is 0 Å². The smallest absolute Gasteiger partial charge is 0.107 e. The summed E-state index contributed by atoms with van der Waals surface area (Å²) in [6.07, 6.45) is 5.60. The SMILES string of the molecule is CCc1cnc(CNCC2(c3ccc(N)cc3)CC2)s1. The van der Waals surface area contributed by atoms with Gasteiger partial charge in [-0.1, -0.05) is 19.1 Å². The van der Waals surface area contributed by atoms with E-state index in [2.05, 4.69) is 29.4 Å². The van der Waals surface area contributed by atoms with E-state index in [0.29, 0.717) is 5.41 Å². The maximum absolute atomic E-state index is 5.76. The number of nitrogens with two attached hydrogens (primary N) is 1. The lowest BCUT2D eigenvalue weighted by molar-refractivity contribution is 0.573. The average molecular weight is 287 g/mol. The zero-order valence-corrected chi connectivity index (χ0v) is 12.7. The topological polar surface area (TPSA) is 50.9 Å². The van der Waals surface area contributed by atoms with E-state index in [1.54, 1.807) is 0 Å². The molecule has 3 nitrogen and oxygen atoms in total. The van der Waals surface area contributed by atoms with Crippen LogP contribution in [0.3, 0.4) is 0 Å². The highest BCUT2D eigenvalue weighted by Gasteiger charge is 2.43. The van der Waals surface area contributed by atoms with Gasteiger partial charge in [0.15, 0.2) is 0 Å². The van der Waals surface area contributed by atoms with Gasteiger partial charge in [-0.3, -0.25) is 0 Å². The van der Waals surface area contributed by atoms with E-state index in [0.717, 1.165) is 25.2 Å². The van der Waals surface area contributed by atoms with Crippen LogP contribution in [-0.2, 0) is 18.4 Å². The van der Waals surface area contributed by atoms with Gasteiger partial charge in [0.05, 0.1) is 0 Å². The van der Waals surface area contributed by atoms with Gasteiger partial charge < -0.3 is 11.1 Å². The van der Waals surface area contributed by atoms with Crippen LogP contribution in [0.25, 0.3) is 0 Å². The lowest BCUT2D eigenvalue weighted by atomic mass is 9.96. The third kappa shape index (κ3) is 2.86. The van der Waals surface area contributed by atoms with Gasteiger partial charge in [-0.05, 0) is 37.0 Å². The van der Waals surface area contributed by atoms with Crippen molar-refractivity contribution in [2.75, 3.05) is 12.3 Å². The van der Waals surface area contributed by atoms with Gasteiger partial charge in [-0.15, -0.1) is 11.3 Å². The first kappa shape index (κ1) is 13.6. The highest BCUT2D eigenvalue weighted by atomic mass is 32.1. The lowest BCUT2D eigenvalue weighted by Crippen LogP contribution is -2.26. The first-order chi connectivity index (χ1) is 9.72. The van der Waals surface area contributed by atoms with Crippen molar-refractivity contribution in [2.45, 2.75) is 38.1 Å². The molecule has 1 saturated carbocycles. The molecule has 1 heterocycles. The molecule has 0 unspecified atom stereocenters. The molecule has 1 aromatic carbocycles. The Labute approximate surface area is 124 Å². The summed E-state index contributed by atoms with van der Waals surface area (Å²) >= 11 is 1.81. The Morgan fingerprint density at radius 1 is 1.30 bits per heavy atom. The molecule has 0 aliphatic heterocycles. The van der Waals surface area contributed by atoms with Gasteiger partial charge in [0.25, 0.3) is 0 Å². The minimum absolute atomic E-state index is 0.332. The zero-order valence-electron chi connectivity index (χ0n) is 11.9. The molecule has 0 bridgehead atoms. The van der Waals surface area contributed by atoms with Gasteiger partial charge in [-0.2, -0.15) is 0 Å². The van der Waals surface area contributed by atoms with Crippen LogP contribution < -0.4 is 11.1 Å². The summed E-state index contributed by atoms with van der Waals surface area (Å²) < 4.78 is 0. The number of rotatable bonds is 6. The van der Waals surface area contributed by atoms with Crippen molar-refractivity contribution in [3.05, 3.63) is 45.9 Å². The van der Waals surface area contributed by atoms with Crippen molar-refractivity contribution in [1.29, 1.82) is 0 Å². The van der Waals surface area contributed by atoms with Gasteiger partial charge in [-0.25, -0.2) is 4.98 Å². The second-order valence-corrected chi connectivity index (χ2v) is 6.78. The Kier molecular flexibility index (Phi) is 3.76. The van der Waals surface area contributed by atoms with Gasteiger partial charge >= 0.3 is 0 Å².